The molecule has 74 valence electrons. The van der Waals surface area contributed by atoms with Crippen molar-refractivity contribution in [3.63, 3.8) is 0 Å². The predicted octanol–water partition coefficient (Wildman–Crippen LogP) is -6.95. The van der Waals surface area contributed by atoms with Gasteiger partial charge in [-0.1, -0.05) is 0 Å². The van der Waals surface area contributed by atoms with Crippen LogP contribution >= 0.6 is 0 Å². The van der Waals surface area contributed by atoms with Gasteiger partial charge in [-0.2, -0.15) is 0 Å². The first-order valence-corrected chi connectivity index (χ1v) is 3.04. The summed E-state index contributed by atoms with van der Waals surface area (Å²) in [4.78, 5) is 0. The molecule has 14 heavy (non-hydrogen) atoms. The zero-order valence-corrected chi connectivity index (χ0v) is 12.2. The Kier molecular flexibility index (Phi) is 17.3. The van der Waals surface area contributed by atoms with Gasteiger partial charge in [-0.05, 0) is 24.3 Å². The number of hydrogen-bond donors (Lipinski definition) is 5. The van der Waals surface area contributed by atoms with Crippen molar-refractivity contribution < 1.29 is 93.7 Å². The van der Waals surface area contributed by atoms with Crippen LogP contribution in [-0.4, -0.2) is 32.6 Å². The van der Waals surface area contributed by atoms with Crippen LogP contribution in [0.15, 0.2) is 24.3 Å². The minimum absolute atomic E-state index is 0. The third-order valence-corrected chi connectivity index (χ3v) is 0.850. The quantitative estimate of drug-likeness (QED) is 0.242. The van der Waals surface area contributed by atoms with E-state index in [1.165, 1.54) is 24.3 Å². The number of hydrogen-bond acceptors (Lipinski definition) is 5. The summed E-state index contributed by atoms with van der Waals surface area (Å²) in [5, 5.41) is 38.8. The normalized spacial score (nSPS) is 7.07. The van der Waals surface area contributed by atoms with Gasteiger partial charge in [0.1, 0.15) is 11.5 Å². The van der Waals surface area contributed by atoms with Crippen LogP contribution in [0.25, 0.3) is 0 Å². The molecule has 0 atom stereocenters. The maximum absolute atomic E-state index is 8.65. The third kappa shape index (κ3) is 15.4. The SMILES string of the molecule is OB(O)O.Oc1ccc(O)cc1.[Br-].[K+]. The molecule has 0 amide bonds. The van der Waals surface area contributed by atoms with E-state index in [4.69, 9.17) is 25.3 Å². The molecule has 5 N–H and O–H groups in total. The van der Waals surface area contributed by atoms with Gasteiger partial charge >= 0.3 is 58.7 Å². The number of rotatable bonds is 0. The summed E-state index contributed by atoms with van der Waals surface area (Å²) in [6.45, 7) is 0. The van der Waals surface area contributed by atoms with Crippen molar-refractivity contribution in [3.8, 4) is 11.5 Å². The van der Waals surface area contributed by atoms with Crippen LogP contribution in [0.4, 0.5) is 0 Å². The van der Waals surface area contributed by atoms with Crippen LogP contribution < -0.4 is 68.4 Å². The van der Waals surface area contributed by atoms with E-state index in [0.29, 0.717) is 0 Å². The van der Waals surface area contributed by atoms with Gasteiger partial charge < -0.3 is 42.3 Å². The van der Waals surface area contributed by atoms with E-state index >= 15 is 0 Å². The molecule has 0 saturated carbocycles. The van der Waals surface area contributed by atoms with E-state index in [9.17, 15) is 0 Å². The summed E-state index contributed by atoms with van der Waals surface area (Å²) in [6.07, 6.45) is 0. The molecular weight excluding hydrogens is 282 g/mol. The van der Waals surface area contributed by atoms with Gasteiger partial charge in [0.25, 0.3) is 0 Å². The first kappa shape index (κ1) is 20.3. The molecule has 1 rings (SSSR count). The van der Waals surface area contributed by atoms with Crippen LogP contribution in [0.1, 0.15) is 0 Å². The minimum Gasteiger partial charge on any atom is -1.00 e. The summed E-state index contributed by atoms with van der Waals surface area (Å²) >= 11 is 0. The number of aromatic hydroxyl groups is 2. The average Bonchev–Trinajstić information content (AvgIpc) is 1.94. The largest absolute Gasteiger partial charge is 1.00 e. The predicted molar refractivity (Wildman–Crippen MR) is 42.2 cm³/mol. The summed E-state index contributed by atoms with van der Waals surface area (Å²) in [7, 11) is -2.17. The van der Waals surface area contributed by atoms with E-state index in [1.54, 1.807) is 0 Å². The summed E-state index contributed by atoms with van der Waals surface area (Å²) in [5.74, 6) is 0.339. The van der Waals surface area contributed by atoms with Crippen molar-refractivity contribution in [2.75, 3.05) is 0 Å². The number of phenols is 2. The smallest absolute Gasteiger partial charge is 1.00 e. The van der Waals surface area contributed by atoms with Gasteiger partial charge in [0.2, 0.25) is 0 Å². The summed E-state index contributed by atoms with van der Waals surface area (Å²) in [5.41, 5.74) is 0. The molecule has 0 fully saturated rings. The minimum atomic E-state index is -2.17. The molecule has 0 saturated heterocycles. The van der Waals surface area contributed by atoms with Crippen LogP contribution in [0, 0.1) is 0 Å². The van der Waals surface area contributed by atoms with Gasteiger partial charge in [0.05, 0.1) is 0 Å². The average molecular weight is 291 g/mol. The van der Waals surface area contributed by atoms with Crippen LogP contribution in [0.3, 0.4) is 0 Å². The standard InChI is InChI=1S/C6H6O2.BH3O3.BrH.K/c7-5-1-2-6(8)4-3-5;2-1(3)4;;/h1-4,7-8H;2-4H;1H;/q;;;+1/p-1. The number of halogens is 1. The van der Waals surface area contributed by atoms with Gasteiger partial charge in [0.15, 0.2) is 0 Å². The Balaban J connectivity index is -0.000000180. The molecule has 0 aliphatic carbocycles. The van der Waals surface area contributed by atoms with Crippen molar-refractivity contribution in [2.24, 2.45) is 0 Å². The Morgan fingerprint density at radius 1 is 0.786 bits per heavy atom. The Morgan fingerprint density at radius 3 is 1.07 bits per heavy atom. The molecule has 0 aliphatic rings. The molecule has 1 aromatic carbocycles. The van der Waals surface area contributed by atoms with E-state index in [2.05, 4.69) is 0 Å². The van der Waals surface area contributed by atoms with E-state index in [0.717, 1.165) is 0 Å². The molecule has 0 heterocycles. The zero-order valence-electron chi connectivity index (χ0n) is 7.50. The molecule has 0 spiro atoms. The Bertz CT molecular complexity index is 196. The zero-order chi connectivity index (χ0) is 9.56. The molecule has 8 heteroatoms. The van der Waals surface area contributed by atoms with Crippen molar-refractivity contribution in [1.82, 2.24) is 0 Å². The Hall–Kier alpha value is 0.881. The molecule has 0 aromatic heterocycles. The molecule has 0 aliphatic heterocycles. The fourth-order valence-corrected chi connectivity index (χ4v) is 0.453. The maximum atomic E-state index is 8.65. The van der Waals surface area contributed by atoms with Gasteiger partial charge in [-0.25, -0.2) is 0 Å². The van der Waals surface area contributed by atoms with E-state index in [1.807, 2.05) is 0 Å². The first-order chi connectivity index (χ1) is 5.52. The molecule has 0 bridgehead atoms. The third-order valence-electron chi connectivity index (χ3n) is 0.850. The summed E-state index contributed by atoms with van der Waals surface area (Å²) in [6, 6.07) is 5.70. The monoisotopic (exact) mass is 290 g/mol. The molecule has 0 radical (unpaired) electrons. The van der Waals surface area contributed by atoms with Crippen LogP contribution in [0.5, 0.6) is 11.5 Å². The van der Waals surface area contributed by atoms with E-state index < -0.39 is 7.32 Å². The second-order valence-electron chi connectivity index (χ2n) is 1.86. The van der Waals surface area contributed by atoms with E-state index in [-0.39, 0.29) is 79.9 Å². The second-order valence-corrected chi connectivity index (χ2v) is 1.86. The Labute approximate surface area is 135 Å². The van der Waals surface area contributed by atoms with Crippen molar-refractivity contribution in [3.05, 3.63) is 24.3 Å². The first-order valence-electron chi connectivity index (χ1n) is 3.04. The van der Waals surface area contributed by atoms with Gasteiger partial charge in [0, 0.05) is 0 Å². The van der Waals surface area contributed by atoms with Crippen molar-refractivity contribution in [1.29, 1.82) is 0 Å². The Morgan fingerprint density at radius 2 is 0.929 bits per heavy atom. The van der Waals surface area contributed by atoms with Crippen molar-refractivity contribution in [2.45, 2.75) is 0 Å². The van der Waals surface area contributed by atoms with Crippen molar-refractivity contribution >= 4 is 7.32 Å². The fraction of sp³-hybridized carbons (Fsp3) is 0. The topological polar surface area (TPSA) is 101 Å². The van der Waals surface area contributed by atoms with Crippen LogP contribution in [0.2, 0.25) is 0 Å². The second kappa shape index (κ2) is 12.0. The van der Waals surface area contributed by atoms with Gasteiger partial charge in [-0.3, -0.25) is 0 Å². The van der Waals surface area contributed by atoms with Gasteiger partial charge in [-0.15, -0.1) is 0 Å². The number of benzene rings is 1. The molecular formula is C6H9BBrKO5. The fourth-order valence-electron chi connectivity index (χ4n) is 0.453. The molecule has 5 nitrogen and oxygen atoms in total. The molecule has 0 unspecified atom stereocenters. The molecule has 1 aromatic rings. The maximum Gasteiger partial charge on any atom is 1.00 e. The van der Waals surface area contributed by atoms with Crippen LogP contribution in [-0.2, 0) is 0 Å². The summed E-state index contributed by atoms with van der Waals surface area (Å²) < 4.78 is 0. The number of phenolic OH excluding ortho intramolecular Hbond substituents is 2.